The lowest BCUT2D eigenvalue weighted by Gasteiger charge is -2.10. The van der Waals surface area contributed by atoms with Gasteiger partial charge in [-0.05, 0) is 74.0 Å². The molecule has 0 aliphatic heterocycles. The minimum absolute atomic E-state index is 0.0204. The van der Waals surface area contributed by atoms with Gasteiger partial charge in [-0.2, -0.15) is 5.26 Å². The van der Waals surface area contributed by atoms with Gasteiger partial charge in [0.25, 0.3) is 5.91 Å². The summed E-state index contributed by atoms with van der Waals surface area (Å²) in [6.07, 6.45) is 1.94. The Balaban J connectivity index is 1.85. The van der Waals surface area contributed by atoms with E-state index in [-0.39, 0.29) is 11.5 Å². The van der Waals surface area contributed by atoms with Crippen LogP contribution in [0.1, 0.15) is 30.3 Å². The zero-order valence-electron chi connectivity index (χ0n) is 19.1. The van der Waals surface area contributed by atoms with Crippen LogP contribution >= 0.6 is 0 Å². The Hall–Kier alpha value is -4.31. The van der Waals surface area contributed by atoms with E-state index < -0.39 is 5.91 Å². The standard InChI is InChI=1S/C26H26N4O3/c1-5-25(31)28-21-7-6-8-22(15-21)29-26(32)20(16-27)14-19-13-17(2)30(18(19)3)23-9-11-24(33-4)12-10-23/h6-15H,5H2,1-4H3,(H,28,31)(H,29,32)/b20-14-. The molecule has 0 bridgehead atoms. The summed E-state index contributed by atoms with van der Waals surface area (Å²) < 4.78 is 7.28. The van der Waals surface area contributed by atoms with E-state index in [1.165, 1.54) is 0 Å². The van der Waals surface area contributed by atoms with Gasteiger partial charge in [0, 0.05) is 34.9 Å². The van der Waals surface area contributed by atoms with Gasteiger partial charge >= 0.3 is 0 Å². The normalized spacial score (nSPS) is 10.9. The van der Waals surface area contributed by atoms with Crippen molar-refractivity contribution in [3.8, 4) is 17.5 Å². The lowest BCUT2D eigenvalue weighted by Crippen LogP contribution is -2.14. The molecule has 1 aromatic heterocycles. The number of amides is 2. The van der Waals surface area contributed by atoms with Gasteiger partial charge in [-0.25, -0.2) is 0 Å². The number of nitrogens with one attached hydrogen (secondary N) is 2. The van der Waals surface area contributed by atoms with Crippen molar-refractivity contribution in [1.29, 1.82) is 5.26 Å². The smallest absolute Gasteiger partial charge is 0.266 e. The lowest BCUT2D eigenvalue weighted by atomic mass is 10.1. The molecule has 7 heteroatoms. The van der Waals surface area contributed by atoms with Gasteiger partial charge in [-0.3, -0.25) is 9.59 Å². The summed E-state index contributed by atoms with van der Waals surface area (Å²) >= 11 is 0. The molecule has 0 fully saturated rings. The first kappa shape index (κ1) is 23.4. The SMILES string of the molecule is CCC(=O)Nc1cccc(NC(=O)/C(C#N)=C\c2cc(C)n(-c3ccc(OC)cc3)c2C)c1. The second-order valence-electron chi connectivity index (χ2n) is 7.47. The van der Waals surface area contributed by atoms with E-state index in [1.54, 1.807) is 44.4 Å². The first-order valence-electron chi connectivity index (χ1n) is 10.5. The average Bonchev–Trinajstić information content (AvgIpc) is 3.10. The van der Waals surface area contributed by atoms with Crippen LogP contribution in [0.2, 0.25) is 0 Å². The van der Waals surface area contributed by atoms with Crippen molar-refractivity contribution in [3.63, 3.8) is 0 Å². The molecule has 2 aromatic carbocycles. The fourth-order valence-corrected chi connectivity index (χ4v) is 3.49. The molecule has 0 atom stereocenters. The first-order chi connectivity index (χ1) is 15.9. The van der Waals surface area contributed by atoms with Crippen molar-refractivity contribution in [2.24, 2.45) is 0 Å². The molecule has 1 heterocycles. The number of rotatable bonds is 7. The molecule has 7 nitrogen and oxygen atoms in total. The Bertz CT molecular complexity index is 1250. The van der Waals surface area contributed by atoms with E-state index >= 15 is 0 Å². The number of carbonyl (C=O) groups excluding carboxylic acids is 2. The molecule has 168 valence electrons. The molecule has 33 heavy (non-hydrogen) atoms. The Morgan fingerprint density at radius 3 is 2.33 bits per heavy atom. The highest BCUT2D eigenvalue weighted by atomic mass is 16.5. The molecule has 0 unspecified atom stereocenters. The van der Waals surface area contributed by atoms with E-state index in [4.69, 9.17) is 4.74 Å². The second-order valence-corrected chi connectivity index (χ2v) is 7.47. The third kappa shape index (κ3) is 5.49. The molecule has 2 amide bonds. The summed E-state index contributed by atoms with van der Waals surface area (Å²) in [6.45, 7) is 5.67. The van der Waals surface area contributed by atoms with Gasteiger partial charge in [0.1, 0.15) is 17.4 Å². The Morgan fingerprint density at radius 1 is 1.06 bits per heavy atom. The van der Waals surface area contributed by atoms with Gasteiger partial charge in [-0.15, -0.1) is 0 Å². The summed E-state index contributed by atoms with van der Waals surface area (Å²) in [4.78, 5) is 24.4. The van der Waals surface area contributed by atoms with Crippen LogP contribution < -0.4 is 15.4 Å². The van der Waals surface area contributed by atoms with Crippen LogP contribution in [0.15, 0.2) is 60.2 Å². The average molecular weight is 443 g/mol. The van der Waals surface area contributed by atoms with Crippen LogP contribution in [0, 0.1) is 25.2 Å². The van der Waals surface area contributed by atoms with Crippen LogP contribution in [0.4, 0.5) is 11.4 Å². The number of nitriles is 1. The highest BCUT2D eigenvalue weighted by Gasteiger charge is 2.14. The number of hydrogen-bond donors (Lipinski definition) is 2. The zero-order chi connectivity index (χ0) is 24.0. The van der Waals surface area contributed by atoms with E-state index in [0.717, 1.165) is 28.4 Å². The van der Waals surface area contributed by atoms with Crippen molar-refractivity contribution < 1.29 is 14.3 Å². The number of hydrogen-bond acceptors (Lipinski definition) is 4. The lowest BCUT2D eigenvalue weighted by molar-refractivity contribution is -0.116. The number of ether oxygens (including phenoxy) is 1. The van der Waals surface area contributed by atoms with Crippen LogP contribution in [0.5, 0.6) is 5.75 Å². The number of benzene rings is 2. The Kier molecular flexibility index (Phi) is 7.31. The molecular formula is C26H26N4O3. The third-order valence-corrected chi connectivity index (χ3v) is 5.19. The summed E-state index contributed by atoms with van der Waals surface area (Å²) in [5.41, 5.74) is 4.65. The largest absolute Gasteiger partial charge is 0.497 e. The second kappa shape index (κ2) is 10.3. The van der Waals surface area contributed by atoms with Gasteiger partial charge in [0.05, 0.1) is 7.11 Å². The molecule has 0 saturated carbocycles. The molecule has 2 N–H and O–H groups in total. The maximum Gasteiger partial charge on any atom is 0.266 e. The number of methoxy groups -OCH3 is 1. The van der Waals surface area contributed by atoms with Gasteiger partial charge in [-0.1, -0.05) is 13.0 Å². The fourth-order valence-electron chi connectivity index (χ4n) is 3.49. The molecule has 0 radical (unpaired) electrons. The minimum atomic E-state index is -0.522. The van der Waals surface area contributed by atoms with Crippen LogP contribution in [0.25, 0.3) is 11.8 Å². The van der Waals surface area contributed by atoms with E-state index in [9.17, 15) is 14.9 Å². The van der Waals surface area contributed by atoms with Gasteiger partial charge in [0.15, 0.2) is 0 Å². The molecule has 3 aromatic rings. The molecular weight excluding hydrogens is 416 g/mol. The number of anilines is 2. The molecule has 0 spiro atoms. The van der Waals surface area contributed by atoms with Crippen molar-refractivity contribution >= 4 is 29.3 Å². The number of carbonyl (C=O) groups is 2. The third-order valence-electron chi connectivity index (χ3n) is 5.19. The van der Waals surface area contributed by atoms with Crippen LogP contribution in [0.3, 0.4) is 0 Å². The zero-order valence-corrected chi connectivity index (χ0v) is 19.1. The monoisotopic (exact) mass is 442 g/mol. The number of aromatic nitrogens is 1. The fraction of sp³-hybridized carbons (Fsp3) is 0.192. The molecule has 0 aliphatic carbocycles. The molecule has 3 rings (SSSR count). The first-order valence-corrected chi connectivity index (χ1v) is 10.5. The highest BCUT2D eigenvalue weighted by Crippen LogP contribution is 2.25. The maximum atomic E-state index is 12.8. The summed E-state index contributed by atoms with van der Waals surface area (Å²) in [6, 6.07) is 18.4. The Labute approximate surface area is 193 Å². The summed E-state index contributed by atoms with van der Waals surface area (Å²) in [5.74, 6) is 0.122. The predicted molar refractivity (Wildman–Crippen MR) is 129 cm³/mol. The molecule has 0 aliphatic rings. The van der Waals surface area contributed by atoms with E-state index in [0.29, 0.717) is 17.8 Å². The summed E-state index contributed by atoms with van der Waals surface area (Å²) in [7, 11) is 1.62. The Morgan fingerprint density at radius 2 is 1.73 bits per heavy atom. The van der Waals surface area contributed by atoms with Crippen molar-refractivity contribution in [2.75, 3.05) is 17.7 Å². The highest BCUT2D eigenvalue weighted by molar-refractivity contribution is 6.10. The predicted octanol–water partition coefficient (Wildman–Crippen LogP) is 5.00. The number of aryl methyl sites for hydroxylation is 1. The van der Waals surface area contributed by atoms with E-state index in [1.807, 2.05) is 50.2 Å². The minimum Gasteiger partial charge on any atom is -0.497 e. The summed E-state index contributed by atoms with van der Waals surface area (Å²) in [5, 5.41) is 15.1. The maximum absolute atomic E-state index is 12.8. The number of nitrogens with zero attached hydrogens (tertiary/aromatic N) is 2. The van der Waals surface area contributed by atoms with Crippen LogP contribution in [-0.2, 0) is 9.59 Å². The quantitative estimate of drug-likeness (QED) is 0.398. The van der Waals surface area contributed by atoms with Gasteiger partial charge in [0.2, 0.25) is 5.91 Å². The van der Waals surface area contributed by atoms with Crippen molar-refractivity contribution in [2.45, 2.75) is 27.2 Å². The van der Waals surface area contributed by atoms with E-state index in [2.05, 4.69) is 15.2 Å². The van der Waals surface area contributed by atoms with Crippen molar-refractivity contribution in [3.05, 3.63) is 77.1 Å². The van der Waals surface area contributed by atoms with Gasteiger partial charge < -0.3 is 19.9 Å². The van der Waals surface area contributed by atoms with Crippen LogP contribution in [-0.4, -0.2) is 23.5 Å². The van der Waals surface area contributed by atoms with Crippen molar-refractivity contribution in [1.82, 2.24) is 4.57 Å². The topological polar surface area (TPSA) is 96.2 Å². The molecule has 0 saturated heterocycles.